The topological polar surface area (TPSA) is 243 Å². The summed E-state index contributed by atoms with van der Waals surface area (Å²) in [5, 5.41) is 106. The molecule has 12 heteroatoms. The van der Waals surface area contributed by atoms with Gasteiger partial charge in [0.05, 0.1) is 13.2 Å². The van der Waals surface area contributed by atoms with Crippen LogP contribution in [0.2, 0.25) is 0 Å². The van der Waals surface area contributed by atoms with E-state index in [2.05, 4.69) is 0 Å². The molecule has 0 amide bonds. The normalized spacial score (nSPS) is 38.5. The lowest BCUT2D eigenvalue weighted by atomic mass is 9.85. The Hall–Kier alpha value is -0.480. The van der Waals surface area contributed by atoms with E-state index in [0.29, 0.717) is 0 Å². The highest BCUT2D eigenvalue weighted by Gasteiger charge is 2.47. The maximum Gasteiger partial charge on any atom is 0.111 e. The van der Waals surface area contributed by atoms with Crippen LogP contribution in [-0.2, 0) is 0 Å². The van der Waals surface area contributed by atoms with Crippen molar-refractivity contribution in [3.8, 4) is 0 Å². The molecule has 0 aromatic carbocycles. The first-order chi connectivity index (χ1) is 11.0. The third-order valence-corrected chi connectivity index (χ3v) is 3.61. The molecule has 1 aliphatic rings. The second-order valence-electron chi connectivity index (χ2n) is 5.42. The zero-order chi connectivity index (χ0) is 19.2. The van der Waals surface area contributed by atoms with Crippen LogP contribution < -0.4 is 0 Å². The highest BCUT2D eigenvalue weighted by Crippen LogP contribution is 2.20. The molecule has 12 nitrogen and oxygen atoms in total. The SMILES string of the molecule is OC[C@@H](O)[C@H](O)[C@@H](O)[C@H](O)CO.O[C@H]1[C@H](O)[C@@H](O)[C@H](O)[C@@H](O)[C@H]1O. The third-order valence-electron chi connectivity index (χ3n) is 3.61. The molecule has 4 atom stereocenters. The third kappa shape index (κ3) is 5.80. The van der Waals surface area contributed by atoms with E-state index in [-0.39, 0.29) is 0 Å². The van der Waals surface area contributed by atoms with Crippen molar-refractivity contribution in [3.63, 3.8) is 0 Å². The van der Waals surface area contributed by atoms with Crippen molar-refractivity contribution in [3.05, 3.63) is 0 Å². The average molecular weight is 362 g/mol. The summed E-state index contributed by atoms with van der Waals surface area (Å²) in [6.45, 7) is -1.45. The maximum absolute atomic E-state index is 8.97. The quantitative estimate of drug-likeness (QED) is 0.218. The van der Waals surface area contributed by atoms with Crippen LogP contribution in [0.5, 0.6) is 0 Å². The zero-order valence-corrected chi connectivity index (χ0v) is 12.6. The van der Waals surface area contributed by atoms with Gasteiger partial charge in [0.25, 0.3) is 0 Å². The van der Waals surface area contributed by atoms with Gasteiger partial charge in [0.1, 0.15) is 61.0 Å². The molecule has 0 bridgehead atoms. The summed E-state index contributed by atoms with van der Waals surface area (Å²) in [6, 6.07) is 0. The first-order valence-corrected chi connectivity index (χ1v) is 7.03. The zero-order valence-electron chi connectivity index (χ0n) is 12.6. The monoisotopic (exact) mass is 362 g/mol. The first-order valence-electron chi connectivity index (χ1n) is 7.03. The van der Waals surface area contributed by atoms with Crippen LogP contribution in [0.15, 0.2) is 0 Å². The van der Waals surface area contributed by atoms with Gasteiger partial charge in [-0.05, 0) is 0 Å². The molecule has 24 heavy (non-hydrogen) atoms. The first kappa shape index (κ1) is 23.5. The van der Waals surface area contributed by atoms with E-state index in [0.717, 1.165) is 0 Å². The van der Waals surface area contributed by atoms with Gasteiger partial charge in [0, 0.05) is 0 Å². The van der Waals surface area contributed by atoms with E-state index in [4.69, 9.17) is 61.3 Å². The summed E-state index contributed by atoms with van der Waals surface area (Å²) >= 11 is 0. The minimum atomic E-state index is -1.67. The van der Waals surface area contributed by atoms with Gasteiger partial charge < -0.3 is 61.3 Å². The Balaban J connectivity index is 0.000000441. The second-order valence-corrected chi connectivity index (χ2v) is 5.42. The number of rotatable bonds is 5. The van der Waals surface area contributed by atoms with Crippen molar-refractivity contribution in [1.29, 1.82) is 0 Å². The Morgan fingerprint density at radius 2 is 0.625 bits per heavy atom. The number of hydrogen-bond acceptors (Lipinski definition) is 12. The Morgan fingerprint density at radius 1 is 0.458 bits per heavy atom. The minimum Gasteiger partial charge on any atom is -0.394 e. The Morgan fingerprint density at radius 3 is 0.750 bits per heavy atom. The van der Waals surface area contributed by atoms with Gasteiger partial charge in [-0.2, -0.15) is 0 Å². The minimum absolute atomic E-state index is 0.726. The molecule has 0 aromatic heterocycles. The van der Waals surface area contributed by atoms with E-state index in [1.54, 1.807) is 0 Å². The van der Waals surface area contributed by atoms with Gasteiger partial charge in [-0.3, -0.25) is 0 Å². The standard InChI is InChI=1S/C6H12O6.C6H14O6/c7-1-2(8)4(10)6(12)5(11)3(1)9;7-1-3(9)5(11)6(12)4(10)2-8/h1-12H;3-12H,1-2H2/t1-,2-,3-,4+,5-,6-;3-,4-,5+,6+/m.1/s1. The van der Waals surface area contributed by atoms with Crippen LogP contribution in [0.1, 0.15) is 0 Å². The fraction of sp³-hybridized carbons (Fsp3) is 1.00. The van der Waals surface area contributed by atoms with E-state index >= 15 is 0 Å². The molecular formula is C12H26O12. The molecule has 1 aliphatic carbocycles. The molecule has 146 valence electrons. The smallest absolute Gasteiger partial charge is 0.111 e. The summed E-state index contributed by atoms with van der Waals surface area (Å²) in [6.07, 6.45) is -16.2. The largest absolute Gasteiger partial charge is 0.394 e. The van der Waals surface area contributed by atoms with Crippen LogP contribution in [-0.4, -0.2) is 136 Å². The van der Waals surface area contributed by atoms with E-state index in [9.17, 15) is 0 Å². The molecule has 0 radical (unpaired) electrons. The summed E-state index contributed by atoms with van der Waals surface area (Å²) in [4.78, 5) is 0. The molecule has 0 unspecified atom stereocenters. The lowest BCUT2D eigenvalue weighted by molar-refractivity contribution is -0.223. The molecule has 1 saturated carbocycles. The van der Waals surface area contributed by atoms with Crippen molar-refractivity contribution in [2.45, 2.75) is 61.0 Å². The van der Waals surface area contributed by atoms with Gasteiger partial charge in [-0.25, -0.2) is 0 Å². The average Bonchev–Trinajstić information content (AvgIpc) is 2.60. The van der Waals surface area contributed by atoms with Gasteiger partial charge >= 0.3 is 0 Å². The van der Waals surface area contributed by atoms with Crippen molar-refractivity contribution in [1.82, 2.24) is 0 Å². The number of aliphatic hydroxyl groups is 12. The van der Waals surface area contributed by atoms with Gasteiger partial charge in [0.2, 0.25) is 0 Å². The van der Waals surface area contributed by atoms with Crippen molar-refractivity contribution < 1.29 is 61.3 Å². The molecule has 1 fully saturated rings. The van der Waals surface area contributed by atoms with Gasteiger partial charge in [-0.15, -0.1) is 0 Å². The highest BCUT2D eigenvalue weighted by atomic mass is 16.4. The molecule has 0 spiro atoms. The molecule has 0 aromatic rings. The Kier molecular flexibility index (Phi) is 10.3. The molecule has 0 heterocycles. The number of aliphatic hydroxyl groups excluding tert-OH is 12. The lowest BCUT2D eigenvalue weighted by Gasteiger charge is -2.39. The molecular weight excluding hydrogens is 336 g/mol. The van der Waals surface area contributed by atoms with E-state index in [1.807, 2.05) is 0 Å². The maximum atomic E-state index is 8.97. The van der Waals surface area contributed by atoms with Crippen LogP contribution in [0.25, 0.3) is 0 Å². The molecule has 0 saturated heterocycles. The van der Waals surface area contributed by atoms with Gasteiger partial charge in [-0.1, -0.05) is 0 Å². The lowest BCUT2D eigenvalue weighted by Crippen LogP contribution is -2.63. The van der Waals surface area contributed by atoms with Crippen LogP contribution >= 0.6 is 0 Å². The summed E-state index contributed by atoms with van der Waals surface area (Å²) in [5.74, 6) is 0. The number of hydrogen-bond donors (Lipinski definition) is 12. The van der Waals surface area contributed by atoms with Crippen molar-refractivity contribution >= 4 is 0 Å². The van der Waals surface area contributed by atoms with Crippen LogP contribution in [0, 0.1) is 0 Å². The highest BCUT2D eigenvalue weighted by molar-refractivity contribution is 4.98. The van der Waals surface area contributed by atoms with E-state index in [1.165, 1.54) is 0 Å². The fourth-order valence-electron chi connectivity index (χ4n) is 1.88. The van der Waals surface area contributed by atoms with Crippen molar-refractivity contribution in [2.75, 3.05) is 13.2 Å². The molecule has 12 N–H and O–H groups in total. The molecule has 1 rings (SSSR count). The van der Waals surface area contributed by atoms with Gasteiger partial charge in [0.15, 0.2) is 0 Å². The Bertz CT molecular complexity index is 263. The summed E-state index contributed by atoms with van der Waals surface area (Å²) in [7, 11) is 0. The molecule has 0 aliphatic heterocycles. The second kappa shape index (κ2) is 10.5. The van der Waals surface area contributed by atoms with Crippen LogP contribution in [0.3, 0.4) is 0 Å². The summed E-state index contributed by atoms with van der Waals surface area (Å²) in [5.41, 5.74) is 0. The fourth-order valence-corrected chi connectivity index (χ4v) is 1.88. The van der Waals surface area contributed by atoms with Crippen LogP contribution in [0.4, 0.5) is 0 Å². The van der Waals surface area contributed by atoms with E-state index < -0.39 is 74.3 Å². The predicted octanol–water partition coefficient (Wildman–Crippen LogP) is -7.42. The van der Waals surface area contributed by atoms with Crippen molar-refractivity contribution in [2.24, 2.45) is 0 Å². The Labute approximate surface area is 136 Å². The summed E-state index contributed by atoms with van der Waals surface area (Å²) < 4.78 is 0. The predicted molar refractivity (Wildman–Crippen MR) is 74.2 cm³/mol.